The Labute approximate surface area is 174 Å². The number of nitrogens with zero attached hydrogens (tertiary/aromatic N) is 2. The van der Waals surface area contributed by atoms with E-state index in [0.29, 0.717) is 35.7 Å². The predicted octanol–water partition coefficient (Wildman–Crippen LogP) is 4.36. The summed E-state index contributed by atoms with van der Waals surface area (Å²) in [4.78, 5) is 26.6. The maximum absolute atomic E-state index is 13.2. The van der Waals surface area contributed by atoms with Crippen LogP contribution in [0.1, 0.15) is 70.1 Å². The maximum Gasteiger partial charge on any atom is 0.258 e. The van der Waals surface area contributed by atoms with Crippen LogP contribution in [0.15, 0.2) is 30.3 Å². The molecule has 1 saturated carbocycles. The van der Waals surface area contributed by atoms with Crippen LogP contribution in [0.4, 0.5) is 0 Å². The molecule has 30 heavy (non-hydrogen) atoms. The summed E-state index contributed by atoms with van der Waals surface area (Å²) in [5.74, 6) is 0.417. The lowest BCUT2D eigenvalue weighted by Crippen LogP contribution is -2.25. The van der Waals surface area contributed by atoms with Crippen molar-refractivity contribution in [2.75, 3.05) is 0 Å². The normalized spacial score (nSPS) is 16.4. The first-order valence-electron chi connectivity index (χ1n) is 10.6. The number of aromatic nitrogens is 2. The van der Waals surface area contributed by atoms with E-state index < -0.39 is 0 Å². The molecule has 0 radical (unpaired) electrons. The highest BCUT2D eigenvalue weighted by atomic mass is 16.3. The molecule has 2 aliphatic rings. The summed E-state index contributed by atoms with van der Waals surface area (Å²) in [6.07, 6.45) is 5.96. The predicted molar refractivity (Wildman–Crippen MR) is 113 cm³/mol. The van der Waals surface area contributed by atoms with Crippen LogP contribution in [0, 0.1) is 5.92 Å². The zero-order valence-corrected chi connectivity index (χ0v) is 17.1. The molecule has 1 aliphatic heterocycles. The third-order valence-corrected chi connectivity index (χ3v) is 6.57. The lowest BCUT2D eigenvalue weighted by atomic mass is 9.99. The van der Waals surface area contributed by atoms with Gasteiger partial charge in [0.2, 0.25) is 0 Å². The summed E-state index contributed by atoms with van der Waals surface area (Å²) in [5, 5.41) is 18.9. The number of hydrogen-bond acceptors (Lipinski definition) is 4. The van der Waals surface area contributed by atoms with Gasteiger partial charge in [-0.1, -0.05) is 37.8 Å². The standard InChI is InChI=1S/C24H25N3O3/c1-14(28)16-6-7-17-12-27(13-18(17)9-16)24(30)20-10-19-21(8-15-4-2-3-5-15)25-26-22(19)11-23(20)29/h6-7,9-11,15,29H,2-5,8,12-13H2,1H3,(H,25,26). The number of phenols is 1. The first-order valence-corrected chi connectivity index (χ1v) is 10.6. The van der Waals surface area contributed by atoms with Gasteiger partial charge >= 0.3 is 0 Å². The van der Waals surface area contributed by atoms with Crippen molar-refractivity contribution in [2.24, 2.45) is 5.92 Å². The van der Waals surface area contributed by atoms with E-state index in [2.05, 4.69) is 10.2 Å². The Morgan fingerprint density at radius 1 is 1.13 bits per heavy atom. The number of nitrogens with one attached hydrogen (secondary N) is 1. The smallest absolute Gasteiger partial charge is 0.258 e. The number of hydrogen-bond donors (Lipinski definition) is 2. The van der Waals surface area contributed by atoms with E-state index in [1.165, 1.54) is 25.7 Å². The molecule has 2 heterocycles. The van der Waals surface area contributed by atoms with Crippen LogP contribution in [-0.2, 0) is 19.5 Å². The number of aromatic amines is 1. The van der Waals surface area contributed by atoms with Crippen LogP contribution in [0.2, 0.25) is 0 Å². The molecule has 0 spiro atoms. The number of ketones is 1. The molecule has 1 fully saturated rings. The molecule has 1 aliphatic carbocycles. The van der Waals surface area contributed by atoms with Gasteiger partial charge in [0.25, 0.3) is 5.91 Å². The summed E-state index contributed by atoms with van der Waals surface area (Å²) >= 11 is 0. The minimum atomic E-state index is -0.206. The number of fused-ring (bicyclic) bond motifs is 2. The SMILES string of the molecule is CC(=O)c1ccc2c(c1)CN(C(=O)c1cc3c(CC4CCCC4)[nH]nc3cc1O)C2. The van der Waals surface area contributed by atoms with Gasteiger partial charge in [0.05, 0.1) is 11.1 Å². The maximum atomic E-state index is 13.2. The second-order valence-corrected chi connectivity index (χ2v) is 8.64. The Morgan fingerprint density at radius 3 is 2.67 bits per heavy atom. The molecule has 0 atom stereocenters. The third kappa shape index (κ3) is 3.26. The number of rotatable bonds is 4. The molecule has 3 aromatic rings. The van der Waals surface area contributed by atoms with Crippen molar-refractivity contribution in [1.29, 1.82) is 0 Å². The van der Waals surface area contributed by atoms with Gasteiger partial charge in [0, 0.05) is 35.8 Å². The fourth-order valence-corrected chi connectivity index (χ4v) is 4.86. The molecule has 6 heteroatoms. The second-order valence-electron chi connectivity index (χ2n) is 8.64. The first kappa shape index (κ1) is 18.9. The van der Waals surface area contributed by atoms with Gasteiger partial charge in [0.1, 0.15) is 5.75 Å². The average molecular weight is 403 g/mol. The summed E-state index contributed by atoms with van der Waals surface area (Å²) < 4.78 is 0. The molecule has 5 rings (SSSR count). The van der Waals surface area contributed by atoms with Crippen LogP contribution in [0.25, 0.3) is 10.9 Å². The zero-order chi connectivity index (χ0) is 20.8. The minimum absolute atomic E-state index is 0.0143. The highest BCUT2D eigenvalue weighted by Crippen LogP contribution is 2.33. The Hall–Kier alpha value is -3.15. The first-order chi connectivity index (χ1) is 14.5. The molecule has 6 nitrogen and oxygen atoms in total. The molecule has 1 amide bonds. The van der Waals surface area contributed by atoms with E-state index in [4.69, 9.17) is 0 Å². The third-order valence-electron chi connectivity index (χ3n) is 6.57. The topological polar surface area (TPSA) is 86.3 Å². The molecule has 2 N–H and O–H groups in total. The van der Waals surface area contributed by atoms with Crippen molar-refractivity contribution in [2.45, 2.75) is 52.1 Å². The highest BCUT2D eigenvalue weighted by Gasteiger charge is 2.27. The van der Waals surface area contributed by atoms with Crippen molar-refractivity contribution in [3.63, 3.8) is 0 Å². The Bertz CT molecular complexity index is 1160. The van der Waals surface area contributed by atoms with Gasteiger partial charge < -0.3 is 10.0 Å². The van der Waals surface area contributed by atoms with E-state index in [9.17, 15) is 14.7 Å². The van der Waals surface area contributed by atoms with E-state index in [1.807, 2.05) is 12.1 Å². The second kappa shape index (κ2) is 7.27. The molecular weight excluding hydrogens is 378 g/mol. The van der Waals surface area contributed by atoms with Crippen molar-refractivity contribution in [3.05, 3.63) is 58.3 Å². The molecule has 154 valence electrons. The minimum Gasteiger partial charge on any atom is -0.507 e. The Morgan fingerprint density at radius 2 is 1.90 bits per heavy atom. The van der Waals surface area contributed by atoms with E-state index in [-0.39, 0.29) is 17.4 Å². The Kier molecular flexibility index (Phi) is 4.57. The fourth-order valence-electron chi connectivity index (χ4n) is 4.86. The quantitative estimate of drug-likeness (QED) is 0.634. The molecule has 1 aromatic heterocycles. The Balaban J connectivity index is 1.43. The van der Waals surface area contributed by atoms with Gasteiger partial charge in [-0.25, -0.2) is 0 Å². The lowest BCUT2D eigenvalue weighted by Gasteiger charge is -2.16. The van der Waals surface area contributed by atoms with Crippen molar-refractivity contribution >= 4 is 22.6 Å². The van der Waals surface area contributed by atoms with Gasteiger partial charge in [-0.2, -0.15) is 5.10 Å². The van der Waals surface area contributed by atoms with Crippen molar-refractivity contribution in [3.8, 4) is 5.75 Å². The van der Waals surface area contributed by atoms with E-state index >= 15 is 0 Å². The van der Waals surface area contributed by atoms with Gasteiger partial charge in [0.15, 0.2) is 5.78 Å². The summed E-state index contributed by atoms with van der Waals surface area (Å²) in [6, 6.07) is 8.94. The van der Waals surface area contributed by atoms with Crippen molar-refractivity contribution < 1.29 is 14.7 Å². The van der Waals surface area contributed by atoms with Gasteiger partial charge in [-0.15, -0.1) is 0 Å². The number of Topliss-reactive ketones (excluding diaryl/α,β-unsaturated/α-hetero) is 1. The zero-order valence-electron chi connectivity index (χ0n) is 17.1. The summed E-state index contributed by atoms with van der Waals surface area (Å²) in [6.45, 7) is 2.46. The van der Waals surface area contributed by atoms with Crippen LogP contribution < -0.4 is 0 Å². The van der Waals surface area contributed by atoms with Crippen LogP contribution in [0.5, 0.6) is 5.75 Å². The molecule has 2 aromatic carbocycles. The lowest BCUT2D eigenvalue weighted by molar-refractivity contribution is 0.0748. The number of H-pyrrole nitrogens is 1. The average Bonchev–Trinajstić information content (AvgIpc) is 3.46. The van der Waals surface area contributed by atoms with Gasteiger partial charge in [-0.3, -0.25) is 14.7 Å². The molecule has 0 unspecified atom stereocenters. The molecule has 0 saturated heterocycles. The summed E-state index contributed by atoms with van der Waals surface area (Å²) in [7, 11) is 0. The van der Waals surface area contributed by atoms with Gasteiger partial charge in [-0.05, 0) is 42.5 Å². The number of aromatic hydroxyl groups is 1. The number of phenolic OH excluding ortho intramolecular Hbond substituents is 1. The molecular formula is C24H25N3O3. The fraction of sp³-hybridized carbons (Fsp3) is 0.375. The number of benzene rings is 2. The largest absolute Gasteiger partial charge is 0.507 e. The van der Waals surface area contributed by atoms with Crippen LogP contribution >= 0.6 is 0 Å². The number of amides is 1. The van der Waals surface area contributed by atoms with Crippen LogP contribution in [-0.4, -0.2) is 31.9 Å². The van der Waals surface area contributed by atoms with Crippen LogP contribution in [0.3, 0.4) is 0 Å². The number of carbonyl (C=O) groups excluding carboxylic acids is 2. The summed E-state index contributed by atoms with van der Waals surface area (Å²) in [5.41, 5.74) is 4.72. The van der Waals surface area contributed by atoms with E-state index in [1.54, 1.807) is 30.0 Å². The van der Waals surface area contributed by atoms with Crippen molar-refractivity contribution in [1.82, 2.24) is 15.1 Å². The molecule has 0 bridgehead atoms. The monoisotopic (exact) mass is 403 g/mol. The highest BCUT2D eigenvalue weighted by molar-refractivity contribution is 6.01. The number of carbonyl (C=O) groups is 2. The van der Waals surface area contributed by atoms with E-state index in [0.717, 1.165) is 28.6 Å².